The van der Waals surface area contributed by atoms with Crippen LogP contribution in [0, 0.1) is 0 Å². The van der Waals surface area contributed by atoms with Crippen molar-refractivity contribution in [3.8, 4) is 5.75 Å². The number of amides is 1. The van der Waals surface area contributed by atoms with Gasteiger partial charge in [-0.15, -0.1) is 0 Å². The molecule has 2 aromatic rings. The van der Waals surface area contributed by atoms with Crippen LogP contribution in [0.25, 0.3) is 0 Å². The van der Waals surface area contributed by atoms with Crippen molar-refractivity contribution in [1.29, 1.82) is 0 Å². The summed E-state index contributed by atoms with van der Waals surface area (Å²) >= 11 is 5.76. The summed E-state index contributed by atoms with van der Waals surface area (Å²) < 4.78 is 5.63. The first kappa shape index (κ1) is 22.2. The van der Waals surface area contributed by atoms with E-state index >= 15 is 0 Å². The van der Waals surface area contributed by atoms with E-state index in [2.05, 4.69) is 32.4 Å². The summed E-state index contributed by atoms with van der Waals surface area (Å²) in [6.45, 7) is 4.47. The molecule has 1 aromatic carbocycles. The van der Waals surface area contributed by atoms with Gasteiger partial charge in [-0.2, -0.15) is 0 Å². The van der Waals surface area contributed by atoms with Crippen LogP contribution in [-0.4, -0.2) is 34.5 Å². The molecule has 0 radical (unpaired) electrons. The minimum atomic E-state index is -0.651. The average Bonchev–Trinajstić information content (AvgIpc) is 2.65. The zero-order chi connectivity index (χ0) is 21.4. The van der Waals surface area contributed by atoms with Crippen LogP contribution in [-0.2, 0) is 6.42 Å². The van der Waals surface area contributed by atoms with Crippen LogP contribution in [0.1, 0.15) is 42.7 Å². The number of hydrogen-bond donors (Lipinski definition) is 4. The molecule has 9 nitrogen and oxygen atoms in total. The van der Waals surface area contributed by atoms with Gasteiger partial charge < -0.3 is 21.9 Å². The molecule has 0 saturated carbocycles. The molecule has 156 valence electrons. The first-order chi connectivity index (χ1) is 13.8. The Balaban J connectivity index is 1.76. The molecule has 0 unspecified atom stereocenters. The van der Waals surface area contributed by atoms with Gasteiger partial charge in [-0.25, -0.2) is 9.97 Å². The van der Waals surface area contributed by atoms with Gasteiger partial charge in [0.15, 0.2) is 28.4 Å². The third-order valence-corrected chi connectivity index (χ3v) is 4.09. The quantitative estimate of drug-likeness (QED) is 0.290. The Kier molecular flexibility index (Phi) is 8.02. The number of nitrogens with one attached hydrogen (secondary N) is 1. The maximum atomic E-state index is 12.1. The van der Waals surface area contributed by atoms with Gasteiger partial charge in [0.25, 0.3) is 5.91 Å². The highest BCUT2D eigenvalue weighted by Crippen LogP contribution is 2.17. The highest BCUT2D eigenvalue weighted by molar-refractivity contribution is 6.31. The largest absolute Gasteiger partial charge is 0.491 e. The maximum Gasteiger partial charge on any atom is 0.280 e. The summed E-state index contributed by atoms with van der Waals surface area (Å²) in [7, 11) is 0. The third-order valence-electron chi connectivity index (χ3n) is 3.81. The number of carbonyl (C=O) groups excluding carboxylic acids is 1. The van der Waals surface area contributed by atoms with E-state index in [1.165, 1.54) is 5.56 Å². The van der Waals surface area contributed by atoms with Crippen molar-refractivity contribution in [2.24, 2.45) is 10.7 Å². The Morgan fingerprint density at radius 1 is 1.17 bits per heavy atom. The fourth-order valence-corrected chi connectivity index (χ4v) is 2.60. The third kappa shape index (κ3) is 7.11. The second-order valence-electron chi connectivity index (χ2n) is 6.62. The molecule has 10 heteroatoms. The summed E-state index contributed by atoms with van der Waals surface area (Å²) in [4.78, 5) is 23.8. The number of nitrogens with zero attached hydrogens (tertiary/aromatic N) is 3. The van der Waals surface area contributed by atoms with Gasteiger partial charge in [-0.3, -0.25) is 15.1 Å². The molecule has 0 aliphatic carbocycles. The summed E-state index contributed by atoms with van der Waals surface area (Å²) in [5.41, 5.74) is 17.9. The van der Waals surface area contributed by atoms with Gasteiger partial charge >= 0.3 is 0 Å². The normalized spacial score (nSPS) is 11.5. The number of halogens is 1. The number of aromatic nitrogens is 2. The average molecular weight is 420 g/mol. The highest BCUT2D eigenvalue weighted by Gasteiger charge is 2.16. The number of nitrogens with two attached hydrogens (primary N) is 3. The zero-order valence-electron chi connectivity index (χ0n) is 16.5. The number of aryl methyl sites for hydroxylation is 1. The molecule has 0 spiro atoms. The maximum absolute atomic E-state index is 12.1. The molecule has 1 aromatic heterocycles. The molecule has 2 rings (SSSR count). The standard InChI is InChI=1S/C19H26ClN7O2/c1-11(2)29-13-8-6-12(7-9-13)5-3-4-10-24-19(23)27-18(28)14-16(21)26-17(22)15(20)25-14/h6-9,11H,3-5,10H2,1-2H3,(H4,21,22,26)(H3,23,24,27,28). The lowest BCUT2D eigenvalue weighted by Gasteiger charge is -2.10. The highest BCUT2D eigenvalue weighted by atomic mass is 35.5. The molecule has 0 aliphatic heterocycles. The minimum absolute atomic E-state index is 0.0284. The van der Waals surface area contributed by atoms with E-state index in [1.54, 1.807) is 0 Å². The van der Waals surface area contributed by atoms with Crippen LogP contribution in [0.2, 0.25) is 5.15 Å². The van der Waals surface area contributed by atoms with Crippen LogP contribution < -0.4 is 27.3 Å². The number of carbonyl (C=O) groups is 1. The van der Waals surface area contributed by atoms with Gasteiger partial charge in [-0.05, 0) is 50.8 Å². The van der Waals surface area contributed by atoms with E-state index in [1.807, 2.05) is 26.0 Å². The SMILES string of the molecule is CC(C)Oc1ccc(CCCCN=C(N)NC(=O)c2nc(Cl)c(N)nc2N)cc1. The molecule has 0 bridgehead atoms. The second-order valence-corrected chi connectivity index (χ2v) is 6.98. The number of rotatable bonds is 8. The minimum Gasteiger partial charge on any atom is -0.491 e. The number of nitrogen functional groups attached to an aromatic ring is 2. The molecule has 1 heterocycles. The molecule has 0 saturated heterocycles. The van der Waals surface area contributed by atoms with Crippen LogP contribution in [0.3, 0.4) is 0 Å². The van der Waals surface area contributed by atoms with Crippen molar-refractivity contribution < 1.29 is 9.53 Å². The number of anilines is 2. The summed E-state index contributed by atoms with van der Waals surface area (Å²) in [5, 5.41) is 2.30. The summed E-state index contributed by atoms with van der Waals surface area (Å²) in [6, 6.07) is 8.05. The number of aliphatic imine (C=N–C) groups is 1. The first-order valence-corrected chi connectivity index (χ1v) is 9.59. The van der Waals surface area contributed by atoms with Crippen LogP contribution >= 0.6 is 11.6 Å². The number of guanidine groups is 1. The topological polar surface area (TPSA) is 155 Å². The van der Waals surface area contributed by atoms with E-state index in [0.29, 0.717) is 6.54 Å². The zero-order valence-corrected chi connectivity index (χ0v) is 17.2. The first-order valence-electron chi connectivity index (χ1n) is 9.21. The van der Waals surface area contributed by atoms with Gasteiger partial charge in [0, 0.05) is 6.54 Å². The van der Waals surface area contributed by atoms with E-state index in [9.17, 15) is 4.79 Å². The van der Waals surface area contributed by atoms with E-state index in [4.69, 9.17) is 33.5 Å². The molecule has 0 aliphatic rings. The van der Waals surface area contributed by atoms with Crippen LogP contribution in [0.15, 0.2) is 29.3 Å². The molecule has 29 heavy (non-hydrogen) atoms. The smallest absolute Gasteiger partial charge is 0.280 e. The van der Waals surface area contributed by atoms with Gasteiger partial charge in [-0.1, -0.05) is 23.7 Å². The number of unbranched alkanes of at least 4 members (excludes halogenated alkanes) is 1. The Hall–Kier alpha value is -3.07. The second kappa shape index (κ2) is 10.5. The van der Waals surface area contributed by atoms with E-state index in [0.717, 1.165) is 25.0 Å². The molecule has 7 N–H and O–H groups in total. The Morgan fingerprint density at radius 3 is 2.52 bits per heavy atom. The molecule has 1 amide bonds. The predicted molar refractivity (Wildman–Crippen MR) is 115 cm³/mol. The van der Waals surface area contributed by atoms with Crippen molar-refractivity contribution in [2.75, 3.05) is 18.0 Å². The number of ether oxygens (including phenoxy) is 1. The molecule has 0 atom stereocenters. The lowest BCUT2D eigenvalue weighted by Crippen LogP contribution is -2.38. The molecular weight excluding hydrogens is 394 g/mol. The Morgan fingerprint density at radius 2 is 1.86 bits per heavy atom. The fourth-order valence-electron chi connectivity index (χ4n) is 2.47. The van der Waals surface area contributed by atoms with Crippen molar-refractivity contribution in [3.05, 3.63) is 40.7 Å². The van der Waals surface area contributed by atoms with Crippen LogP contribution in [0.5, 0.6) is 5.75 Å². The van der Waals surface area contributed by atoms with Crippen LogP contribution in [0.4, 0.5) is 11.6 Å². The van der Waals surface area contributed by atoms with Gasteiger partial charge in [0.2, 0.25) is 0 Å². The van der Waals surface area contributed by atoms with Crippen molar-refractivity contribution in [1.82, 2.24) is 15.3 Å². The van der Waals surface area contributed by atoms with E-state index in [-0.39, 0.29) is 34.5 Å². The Bertz CT molecular complexity index is 870. The summed E-state index contributed by atoms with van der Waals surface area (Å²) in [5.74, 6) is -0.00257. The van der Waals surface area contributed by atoms with E-state index < -0.39 is 5.91 Å². The lowest BCUT2D eigenvalue weighted by atomic mass is 10.1. The molecular formula is C19H26ClN7O2. The van der Waals surface area contributed by atoms with Crippen molar-refractivity contribution in [3.63, 3.8) is 0 Å². The summed E-state index contributed by atoms with van der Waals surface area (Å²) in [6.07, 6.45) is 2.82. The van der Waals surface area contributed by atoms with Crippen molar-refractivity contribution >= 4 is 35.1 Å². The number of hydrogen-bond acceptors (Lipinski definition) is 7. The van der Waals surface area contributed by atoms with Crippen molar-refractivity contribution in [2.45, 2.75) is 39.2 Å². The van der Waals surface area contributed by atoms with Gasteiger partial charge in [0.05, 0.1) is 6.10 Å². The number of benzene rings is 1. The monoisotopic (exact) mass is 419 g/mol. The molecule has 0 fully saturated rings. The predicted octanol–water partition coefficient (Wildman–Crippen LogP) is 2.15. The van der Waals surface area contributed by atoms with Gasteiger partial charge in [0.1, 0.15) is 5.75 Å². The Labute approximate surface area is 174 Å². The lowest BCUT2D eigenvalue weighted by molar-refractivity contribution is 0.0972. The fraction of sp³-hybridized carbons (Fsp3) is 0.368.